The van der Waals surface area contributed by atoms with Crippen LogP contribution in [0.25, 0.3) is 11.0 Å². The van der Waals surface area contributed by atoms with Crippen molar-refractivity contribution in [3.63, 3.8) is 0 Å². The molecule has 0 amide bonds. The Bertz CT molecular complexity index is 942. The molecule has 1 saturated heterocycles. The second-order valence-electron chi connectivity index (χ2n) is 7.06. The van der Waals surface area contributed by atoms with Crippen LogP contribution in [0.1, 0.15) is 41.1 Å². The summed E-state index contributed by atoms with van der Waals surface area (Å²) in [6.45, 7) is 2.04. The molecule has 0 atom stereocenters. The van der Waals surface area contributed by atoms with Crippen molar-refractivity contribution >= 4 is 16.9 Å². The zero-order valence-corrected chi connectivity index (χ0v) is 15.6. The van der Waals surface area contributed by atoms with E-state index >= 15 is 0 Å². The number of carbonyl (C=O) groups excluding carboxylic acids is 1. The highest BCUT2D eigenvalue weighted by atomic mass is 16.5. The van der Waals surface area contributed by atoms with Crippen LogP contribution in [0.5, 0.6) is 5.75 Å². The van der Waals surface area contributed by atoms with Crippen molar-refractivity contribution in [2.24, 2.45) is 0 Å². The molecule has 0 saturated carbocycles. The number of methoxy groups -OCH3 is 1. The minimum Gasteiger partial charge on any atom is -0.496 e. The summed E-state index contributed by atoms with van der Waals surface area (Å²) in [5.41, 5.74) is 4.14. The number of ether oxygens (including phenoxy) is 1. The molecule has 140 valence electrons. The zero-order valence-electron chi connectivity index (χ0n) is 15.6. The zero-order chi connectivity index (χ0) is 18.6. The molecule has 1 aromatic carbocycles. The van der Waals surface area contributed by atoms with Gasteiger partial charge in [0, 0.05) is 18.8 Å². The lowest BCUT2D eigenvalue weighted by atomic mass is 9.91. The van der Waals surface area contributed by atoms with E-state index in [9.17, 15) is 4.79 Å². The number of nitrogens with zero attached hydrogens (tertiary/aromatic N) is 2. The minimum atomic E-state index is 0.0964. The normalized spacial score (nSPS) is 15.1. The fourth-order valence-corrected chi connectivity index (χ4v) is 3.99. The van der Waals surface area contributed by atoms with Crippen LogP contribution in [0, 0.1) is 0 Å². The number of aromatic nitrogens is 2. The van der Waals surface area contributed by atoms with Gasteiger partial charge in [-0.3, -0.25) is 14.3 Å². The van der Waals surface area contributed by atoms with Gasteiger partial charge in [-0.2, -0.15) is 0 Å². The Morgan fingerprint density at radius 3 is 2.85 bits per heavy atom. The molecule has 2 aromatic heterocycles. The van der Waals surface area contributed by atoms with Crippen LogP contribution in [0.4, 0.5) is 0 Å². The Hall–Kier alpha value is -2.66. The van der Waals surface area contributed by atoms with E-state index in [4.69, 9.17) is 4.74 Å². The van der Waals surface area contributed by atoms with Gasteiger partial charge in [0.1, 0.15) is 5.75 Å². The number of pyridine rings is 1. The monoisotopic (exact) mass is 363 g/mol. The predicted octanol–water partition coefficient (Wildman–Crippen LogP) is 3.78. The highest BCUT2D eigenvalue weighted by molar-refractivity contribution is 5.93. The van der Waals surface area contributed by atoms with Gasteiger partial charge in [0.25, 0.3) is 0 Å². The fraction of sp³-hybridized carbons (Fsp3) is 0.364. The molecule has 1 fully saturated rings. The Morgan fingerprint density at radius 2 is 2.04 bits per heavy atom. The first-order valence-electron chi connectivity index (χ1n) is 9.59. The molecular formula is C22H25N3O2. The largest absolute Gasteiger partial charge is 0.496 e. The van der Waals surface area contributed by atoms with E-state index in [0.717, 1.165) is 48.3 Å². The first kappa shape index (κ1) is 17.7. The van der Waals surface area contributed by atoms with Crippen LogP contribution >= 0.6 is 0 Å². The molecule has 3 heterocycles. The van der Waals surface area contributed by atoms with Gasteiger partial charge < -0.3 is 10.1 Å². The summed E-state index contributed by atoms with van der Waals surface area (Å²) in [7, 11) is 1.66. The van der Waals surface area contributed by atoms with E-state index in [0.29, 0.717) is 18.8 Å². The van der Waals surface area contributed by atoms with Crippen molar-refractivity contribution in [2.75, 3.05) is 20.2 Å². The van der Waals surface area contributed by atoms with Crippen LogP contribution in [0.2, 0.25) is 0 Å². The molecule has 1 aliphatic heterocycles. The maximum absolute atomic E-state index is 13.0. The van der Waals surface area contributed by atoms with E-state index in [-0.39, 0.29) is 5.91 Å². The van der Waals surface area contributed by atoms with Crippen molar-refractivity contribution < 1.29 is 9.53 Å². The quantitative estimate of drug-likeness (QED) is 0.749. The number of rotatable bonds is 5. The van der Waals surface area contributed by atoms with Gasteiger partial charge in [0.05, 0.1) is 18.1 Å². The van der Waals surface area contributed by atoms with Crippen LogP contribution in [-0.4, -0.2) is 35.7 Å². The third-order valence-corrected chi connectivity index (χ3v) is 5.44. The third-order valence-electron chi connectivity index (χ3n) is 5.44. The number of hydrogen-bond donors (Lipinski definition) is 1. The average Bonchev–Trinajstić information content (AvgIpc) is 3.13. The lowest BCUT2D eigenvalue weighted by Gasteiger charge is -2.21. The van der Waals surface area contributed by atoms with Crippen molar-refractivity contribution in [3.8, 4) is 5.75 Å². The van der Waals surface area contributed by atoms with E-state index in [1.165, 1.54) is 5.56 Å². The predicted molar refractivity (Wildman–Crippen MR) is 107 cm³/mol. The summed E-state index contributed by atoms with van der Waals surface area (Å²) in [5.74, 6) is 1.39. The van der Waals surface area contributed by atoms with Gasteiger partial charge in [-0.05, 0) is 67.6 Å². The number of carbonyl (C=O) groups is 1. The van der Waals surface area contributed by atoms with Gasteiger partial charge in [-0.15, -0.1) is 0 Å². The lowest BCUT2D eigenvalue weighted by molar-refractivity contribution is 0.0908. The van der Waals surface area contributed by atoms with Crippen LogP contribution in [0.3, 0.4) is 0 Å². The average molecular weight is 363 g/mol. The van der Waals surface area contributed by atoms with Crippen molar-refractivity contribution in [3.05, 3.63) is 59.9 Å². The topological polar surface area (TPSA) is 56.1 Å². The number of hydrogen-bond acceptors (Lipinski definition) is 4. The van der Waals surface area contributed by atoms with E-state index in [1.807, 2.05) is 48.8 Å². The maximum atomic E-state index is 13.0. The molecule has 27 heavy (non-hydrogen) atoms. The fourth-order valence-electron chi connectivity index (χ4n) is 3.99. The molecule has 0 unspecified atom stereocenters. The smallest absolute Gasteiger partial charge is 0.231 e. The summed E-state index contributed by atoms with van der Waals surface area (Å²) in [6.07, 6.45) is 7.11. The first-order valence-corrected chi connectivity index (χ1v) is 9.59. The van der Waals surface area contributed by atoms with E-state index < -0.39 is 0 Å². The Kier molecular flexibility index (Phi) is 5.21. The number of piperidine rings is 1. The van der Waals surface area contributed by atoms with Gasteiger partial charge in [0.2, 0.25) is 5.91 Å². The molecule has 4 rings (SSSR count). The molecule has 0 spiro atoms. The van der Waals surface area contributed by atoms with Crippen LogP contribution in [0.15, 0.2) is 48.8 Å². The third kappa shape index (κ3) is 3.60. The molecule has 0 radical (unpaired) electrons. The number of nitrogens with one attached hydrogen (secondary N) is 1. The maximum Gasteiger partial charge on any atom is 0.231 e. The molecule has 5 nitrogen and oxygen atoms in total. The van der Waals surface area contributed by atoms with Gasteiger partial charge in [-0.25, -0.2) is 0 Å². The Labute approximate surface area is 159 Å². The molecule has 5 heteroatoms. The summed E-state index contributed by atoms with van der Waals surface area (Å²) >= 11 is 0. The first-order chi connectivity index (χ1) is 13.3. The standard InChI is InChI=1S/C22H25N3O2/c1-27-20-7-3-2-5-17(20)8-9-21(26)25-15-18(16-10-13-23-14-11-16)22-19(25)6-4-12-24-22/h2-7,12,15-16,23H,8-11,13-14H2,1H3. The minimum absolute atomic E-state index is 0.0964. The number of benzene rings is 1. The van der Waals surface area contributed by atoms with Crippen LogP contribution < -0.4 is 10.1 Å². The van der Waals surface area contributed by atoms with E-state index in [1.54, 1.807) is 11.7 Å². The highest BCUT2D eigenvalue weighted by Gasteiger charge is 2.22. The summed E-state index contributed by atoms with van der Waals surface area (Å²) in [5, 5.41) is 3.41. The summed E-state index contributed by atoms with van der Waals surface area (Å²) in [4.78, 5) is 17.6. The molecule has 0 aliphatic carbocycles. The lowest BCUT2D eigenvalue weighted by Crippen LogP contribution is -2.26. The van der Waals surface area contributed by atoms with E-state index in [2.05, 4.69) is 10.3 Å². The summed E-state index contributed by atoms with van der Waals surface area (Å²) < 4.78 is 7.20. The van der Waals surface area contributed by atoms with Gasteiger partial charge in [0.15, 0.2) is 0 Å². The highest BCUT2D eigenvalue weighted by Crippen LogP contribution is 2.32. The van der Waals surface area contributed by atoms with Crippen molar-refractivity contribution in [1.82, 2.24) is 14.9 Å². The second kappa shape index (κ2) is 7.92. The number of aryl methyl sites for hydroxylation is 1. The second-order valence-corrected chi connectivity index (χ2v) is 7.06. The molecule has 1 aliphatic rings. The van der Waals surface area contributed by atoms with Crippen molar-refractivity contribution in [1.29, 1.82) is 0 Å². The Balaban J connectivity index is 1.60. The molecule has 3 aromatic rings. The van der Waals surface area contributed by atoms with Gasteiger partial charge >= 0.3 is 0 Å². The van der Waals surface area contributed by atoms with Crippen LogP contribution in [-0.2, 0) is 6.42 Å². The SMILES string of the molecule is COc1ccccc1CCC(=O)n1cc(C2CCNCC2)c2ncccc21. The molecular weight excluding hydrogens is 338 g/mol. The number of fused-ring (bicyclic) bond motifs is 1. The Morgan fingerprint density at radius 1 is 1.22 bits per heavy atom. The number of para-hydroxylation sites is 1. The molecule has 1 N–H and O–H groups in total. The van der Waals surface area contributed by atoms with Crippen molar-refractivity contribution in [2.45, 2.75) is 31.6 Å². The van der Waals surface area contributed by atoms with Gasteiger partial charge in [-0.1, -0.05) is 18.2 Å². The summed E-state index contributed by atoms with van der Waals surface area (Å²) in [6, 6.07) is 11.8. The molecule has 0 bridgehead atoms.